The predicted octanol–water partition coefficient (Wildman–Crippen LogP) is 3.98. The summed E-state index contributed by atoms with van der Waals surface area (Å²) in [6, 6.07) is 9.64. The van der Waals surface area contributed by atoms with Gasteiger partial charge in [-0.05, 0) is 38.2 Å². The Morgan fingerprint density at radius 1 is 1.19 bits per heavy atom. The molecule has 1 aromatic heterocycles. The van der Waals surface area contributed by atoms with Crippen molar-refractivity contribution in [3.63, 3.8) is 0 Å². The molecule has 1 aliphatic rings. The summed E-state index contributed by atoms with van der Waals surface area (Å²) in [6.45, 7) is 5.43. The summed E-state index contributed by atoms with van der Waals surface area (Å²) in [7, 11) is 0. The maximum absolute atomic E-state index is 12.9. The SMILES string of the molecule is CC(=O)c1cc(C(=O)NC2CCC(O)CC2)c(C(C)c2cccc(C)c2)o1. The number of carbonyl (C=O) groups excluding carboxylic acids is 2. The second-order valence-electron chi connectivity index (χ2n) is 7.56. The summed E-state index contributed by atoms with van der Waals surface area (Å²) in [4.78, 5) is 24.7. The van der Waals surface area contributed by atoms with Gasteiger partial charge in [0.2, 0.25) is 0 Å². The molecule has 1 atom stereocenters. The minimum atomic E-state index is -0.270. The van der Waals surface area contributed by atoms with Crippen LogP contribution in [0.2, 0.25) is 0 Å². The van der Waals surface area contributed by atoms with Crippen LogP contribution in [0.15, 0.2) is 34.7 Å². The Hall–Kier alpha value is -2.40. The number of furan rings is 1. The molecular formula is C22H27NO4. The zero-order valence-corrected chi connectivity index (χ0v) is 16.1. The van der Waals surface area contributed by atoms with Crippen LogP contribution in [0.3, 0.4) is 0 Å². The summed E-state index contributed by atoms with van der Waals surface area (Å²) in [5.41, 5.74) is 2.58. The maximum Gasteiger partial charge on any atom is 0.255 e. The lowest BCUT2D eigenvalue weighted by Gasteiger charge is -2.26. The van der Waals surface area contributed by atoms with E-state index in [0.717, 1.165) is 24.0 Å². The molecule has 2 N–H and O–H groups in total. The van der Waals surface area contributed by atoms with Gasteiger partial charge in [-0.1, -0.05) is 36.8 Å². The van der Waals surface area contributed by atoms with Crippen LogP contribution in [0.5, 0.6) is 0 Å². The van der Waals surface area contributed by atoms with Gasteiger partial charge in [-0.15, -0.1) is 0 Å². The molecular weight excluding hydrogens is 342 g/mol. The van der Waals surface area contributed by atoms with Crippen molar-refractivity contribution in [1.29, 1.82) is 0 Å². The molecule has 5 heteroatoms. The van der Waals surface area contributed by atoms with Crippen molar-refractivity contribution >= 4 is 11.7 Å². The van der Waals surface area contributed by atoms with Crippen LogP contribution in [0, 0.1) is 6.92 Å². The van der Waals surface area contributed by atoms with Gasteiger partial charge in [0.15, 0.2) is 11.5 Å². The number of amides is 1. The second-order valence-corrected chi connectivity index (χ2v) is 7.56. The van der Waals surface area contributed by atoms with Crippen LogP contribution in [0.4, 0.5) is 0 Å². The summed E-state index contributed by atoms with van der Waals surface area (Å²) >= 11 is 0. The van der Waals surface area contributed by atoms with E-state index in [9.17, 15) is 14.7 Å². The fraction of sp³-hybridized carbons (Fsp3) is 0.455. The molecule has 0 saturated heterocycles. The van der Waals surface area contributed by atoms with Gasteiger partial charge < -0.3 is 14.8 Å². The lowest BCUT2D eigenvalue weighted by Crippen LogP contribution is -2.38. The third-order valence-electron chi connectivity index (χ3n) is 5.32. The first-order valence-electron chi connectivity index (χ1n) is 9.55. The first-order valence-corrected chi connectivity index (χ1v) is 9.55. The normalized spacial score (nSPS) is 20.9. The standard InChI is InChI=1S/C22H27NO4/c1-13-5-4-6-16(11-13)14(2)21-19(12-20(27-21)15(3)24)22(26)23-17-7-9-18(25)10-8-17/h4-6,11-12,14,17-18,25H,7-10H2,1-3H3,(H,23,26). The summed E-state index contributed by atoms with van der Waals surface area (Å²) < 4.78 is 5.81. The molecule has 0 spiro atoms. The van der Waals surface area contributed by atoms with Gasteiger partial charge in [-0.25, -0.2) is 0 Å². The molecule has 3 rings (SSSR count). The lowest BCUT2D eigenvalue weighted by molar-refractivity contribution is 0.0865. The Labute approximate surface area is 159 Å². The average Bonchev–Trinajstić information content (AvgIpc) is 3.09. The van der Waals surface area contributed by atoms with Gasteiger partial charge >= 0.3 is 0 Å². The first-order chi connectivity index (χ1) is 12.8. The van der Waals surface area contributed by atoms with Gasteiger partial charge in [0.05, 0.1) is 11.7 Å². The fourth-order valence-electron chi connectivity index (χ4n) is 3.65. The minimum absolute atomic E-state index is 0.0405. The van der Waals surface area contributed by atoms with Crippen molar-refractivity contribution in [2.24, 2.45) is 0 Å². The Balaban J connectivity index is 1.87. The quantitative estimate of drug-likeness (QED) is 0.782. The first kappa shape index (κ1) is 19.4. The van der Waals surface area contributed by atoms with Crippen LogP contribution in [0.1, 0.15) is 83.2 Å². The molecule has 1 amide bonds. The van der Waals surface area contributed by atoms with E-state index in [1.54, 1.807) is 6.07 Å². The molecule has 2 aromatic rings. The third-order valence-corrected chi connectivity index (χ3v) is 5.32. The number of hydrogen-bond donors (Lipinski definition) is 2. The van der Waals surface area contributed by atoms with Crippen molar-refractivity contribution in [3.8, 4) is 0 Å². The Morgan fingerprint density at radius 2 is 1.89 bits per heavy atom. The van der Waals surface area contributed by atoms with Crippen LogP contribution in [-0.4, -0.2) is 28.9 Å². The number of aliphatic hydroxyl groups is 1. The van der Waals surface area contributed by atoms with Crippen molar-refractivity contribution in [1.82, 2.24) is 5.32 Å². The van der Waals surface area contributed by atoms with E-state index < -0.39 is 0 Å². The van der Waals surface area contributed by atoms with E-state index in [1.165, 1.54) is 6.92 Å². The topological polar surface area (TPSA) is 79.5 Å². The van der Waals surface area contributed by atoms with Crippen molar-refractivity contribution in [2.75, 3.05) is 0 Å². The summed E-state index contributed by atoms with van der Waals surface area (Å²) in [5, 5.41) is 12.7. The zero-order valence-electron chi connectivity index (χ0n) is 16.1. The smallest absolute Gasteiger partial charge is 0.255 e. The van der Waals surface area contributed by atoms with Gasteiger partial charge in [0.25, 0.3) is 5.91 Å². The lowest BCUT2D eigenvalue weighted by atomic mass is 9.92. The van der Waals surface area contributed by atoms with E-state index in [-0.39, 0.29) is 35.5 Å². The van der Waals surface area contributed by atoms with Crippen LogP contribution < -0.4 is 5.32 Å². The molecule has 27 heavy (non-hydrogen) atoms. The second kappa shape index (κ2) is 8.09. The van der Waals surface area contributed by atoms with E-state index in [0.29, 0.717) is 24.2 Å². The van der Waals surface area contributed by atoms with Crippen LogP contribution in [0.25, 0.3) is 0 Å². The molecule has 0 radical (unpaired) electrons. The highest BCUT2D eigenvalue weighted by Gasteiger charge is 2.27. The molecule has 1 fully saturated rings. The number of nitrogens with one attached hydrogen (secondary N) is 1. The number of aliphatic hydroxyl groups excluding tert-OH is 1. The van der Waals surface area contributed by atoms with Crippen LogP contribution >= 0.6 is 0 Å². The molecule has 0 aliphatic heterocycles. The summed E-state index contributed by atoms with van der Waals surface area (Å²) in [5.74, 6) is 0.148. The molecule has 1 aromatic carbocycles. The number of aryl methyl sites for hydroxylation is 1. The maximum atomic E-state index is 12.9. The average molecular weight is 369 g/mol. The Bertz CT molecular complexity index is 831. The highest BCUT2D eigenvalue weighted by molar-refractivity contribution is 5.99. The Kier molecular flexibility index (Phi) is 5.80. The minimum Gasteiger partial charge on any atom is -0.456 e. The van der Waals surface area contributed by atoms with E-state index in [2.05, 4.69) is 11.4 Å². The number of benzene rings is 1. The molecule has 1 heterocycles. The monoisotopic (exact) mass is 369 g/mol. The highest BCUT2D eigenvalue weighted by Crippen LogP contribution is 2.31. The number of hydrogen-bond acceptors (Lipinski definition) is 4. The number of ketones is 1. The number of Topliss-reactive ketones (excluding diaryl/α,β-unsaturated/α-hetero) is 1. The van der Waals surface area contributed by atoms with E-state index in [4.69, 9.17) is 4.42 Å². The van der Waals surface area contributed by atoms with Crippen molar-refractivity contribution < 1.29 is 19.1 Å². The fourth-order valence-corrected chi connectivity index (χ4v) is 3.65. The molecule has 0 bridgehead atoms. The van der Waals surface area contributed by atoms with Crippen LogP contribution in [-0.2, 0) is 0 Å². The molecule has 144 valence electrons. The number of rotatable bonds is 5. The molecule has 1 aliphatic carbocycles. The van der Waals surface area contributed by atoms with Crippen molar-refractivity contribution in [3.05, 3.63) is 58.5 Å². The van der Waals surface area contributed by atoms with Crippen molar-refractivity contribution in [2.45, 2.75) is 64.5 Å². The van der Waals surface area contributed by atoms with E-state index in [1.807, 2.05) is 32.0 Å². The zero-order chi connectivity index (χ0) is 19.6. The molecule has 1 saturated carbocycles. The van der Waals surface area contributed by atoms with Gasteiger partial charge in [-0.3, -0.25) is 9.59 Å². The Morgan fingerprint density at radius 3 is 2.52 bits per heavy atom. The molecule has 1 unspecified atom stereocenters. The third kappa shape index (κ3) is 4.48. The van der Waals surface area contributed by atoms with Gasteiger partial charge in [0.1, 0.15) is 5.76 Å². The molecule has 5 nitrogen and oxygen atoms in total. The largest absolute Gasteiger partial charge is 0.456 e. The summed E-state index contributed by atoms with van der Waals surface area (Å²) in [6.07, 6.45) is 2.64. The predicted molar refractivity (Wildman–Crippen MR) is 103 cm³/mol. The van der Waals surface area contributed by atoms with Gasteiger partial charge in [0, 0.05) is 24.9 Å². The number of carbonyl (C=O) groups is 2. The highest BCUT2D eigenvalue weighted by atomic mass is 16.3. The van der Waals surface area contributed by atoms with E-state index >= 15 is 0 Å². The van der Waals surface area contributed by atoms with Gasteiger partial charge in [-0.2, -0.15) is 0 Å².